The summed E-state index contributed by atoms with van der Waals surface area (Å²) in [7, 11) is 0. The highest BCUT2D eigenvalue weighted by atomic mass is 16.5. The van der Waals surface area contributed by atoms with Crippen LogP contribution >= 0.6 is 0 Å². The molecular formula is C20H26N4O3. The molecule has 4 rings (SSSR count). The van der Waals surface area contributed by atoms with E-state index < -0.39 is 0 Å². The molecule has 0 spiro atoms. The van der Waals surface area contributed by atoms with Gasteiger partial charge in [0.1, 0.15) is 5.82 Å². The Hall–Kier alpha value is -2.41. The highest BCUT2D eigenvalue weighted by Crippen LogP contribution is 2.38. The number of aromatic nitrogens is 2. The summed E-state index contributed by atoms with van der Waals surface area (Å²) in [4.78, 5) is 19.2. The molecule has 7 nitrogen and oxygen atoms in total. The molecule has 3 atom stereocenters. The summed E-state index contributed by atoms with van der Waals surface area (Å²) in [6.45, 7) is 2.40. The number of piperidine rings is 1. The number of nitrogens with zero attached hydrogens (tertiary/aromatic N) is 3. The van der Waals surface area contributed by atoms with E-state index in [0.29, 0.717) is 30.0 Å². The molecule has 0 aliphatic carbocycles. The Bertz CT molecular complexity index is 775. The second-order valence-corrected chi connectivity index (χ2v) is 7.54. The van der Waals surface area contributed by atoms with Crippen molar-refractivity contribution < 1.29 is 14.4 Å². The predicted octanol–water partition coefficient (Wildman–Crippen LogP) is 2.44. The van der Waals surface area contributed by atoms with E-state index in [1.807, 2.05) is 18.2 Å². The van der Waals surface area contributed by atoms with Crippen molar-refractivity contribution in [3.8, 4) is 0 Å². The van der Waals surface area contributed by atoms with Crippen molar-refractivity contribution in [2.45, 2.75) is 70.2 Å². The minimum absolute atomic E-state index is 0.181. The van der Waals surface area contributed by atoms with E-state index in [0.717, 1.165) is 50.0 Å². The van der Waals surface area contributed by atoms with Crippen LogP contribution in [0.1, 0.15) is 60.8 Å². The van der Waals surface area contributed by atoms with Crippen LogP contribution in [0.4, 0.5) is 5.82 Å². The van der Waals surface area contributed by atoms with Crippen molar-refractivity contribution in [2.24, 2.45) is 0 Å². The number of aryl methyl sites for hydroxylation is 1. The SMILES string of the molecule is CCCc1cc(CNC(=O)c2ccc(N3[C@@H]4CC[C@H]3CC(O)C4)nc2)on1. The summed E-state index contributed by atoms with van der Waals surface area (Å²) in [5.41, 5.74) is 1.44. The Kier molecular flexibility index (Phi) is 5.11. The molecule has 0 saturated carbocycles. The third kappa shape index (κ3) is 3.83. The monoisotopic (exact) mass is 370 g/mol. The molecule has 2 bridgehead atoms. The number of carbonyl (C=O) groups excluding carboxylic acids is 1. The largest absolute Gasteiger partial charge is 0.393 e. The second kappa shape index (κ2) is 7.68. The number of anilines is 1. The highest BCUT2D eigenvalue weighted by Gasteiger charge is 2.40. The number of aliphatic hydroxyl groups is 1. The summed E-state index contributed by atoms with van der Waals surface area (Å²) >= 11 is 0. The van der Waals surface area contributed by atoms with Gasteiger partial charge >= 0.3 is 0 Å². The fourth-order valence-corrected chi connectivity index (χ4v) is 4.28. The van der Waals surface area contributed by atoms with Crippen LogP contribution in [0.15, 0.2) is 28.9 Å². The quantitative estimate of drug-likeness (QED) is 0.812. The first-order valence-electron chi connectivity index (χ1n) is 9.79. The molecule has 1 amide bonds. The van der Waals surface area contributed by atoms with Crippen molar-refractivity contribution in [3.63, 3.8) is 0 Å². The van der Waals surface area contributed by atoms with Gasteiger partial charge < -0.3 is 19.8 Å². The first-order chi connectivity index (χ1) is 13.1. The Balaban J connectivity index is 1.36. The van der Waals surface area contributed by atoms with Gasteiger partial charge in [-0.25, -0.2) is 4.98 Å². The Morgan fingerprint density at radius 2 is 2.11 bits per heavy atom. The fourth-order valence-electron chi connectivity index (χ4n) is 4.28. The van der Waals surface area contributed by atoms with E-state index in [1.165, 1.54) is 0 Å². The third-order valence-corrected chi connectivity index (χ3v) is 5.52. The van der Waals surface area contributed by atoms with Gasteiger partial charge in [-0.1, -0.05) is 18.5 Å². The molecule has 0 aromatic carbocycles. The smallest absolute Gasteiger partial charge is 0.253 e. The Morgan fingerprint density at radius 1 is 1.33 bits per heavy atom. The molecule has 27 heavy (non-hydrogen) atoms. The predicted molar refractivity (Wildman–Crippen MR) is 100 cm³/mol. The summed E-state index contributed by atoms with van der Waals surface area (Å²) in [6.07, 6.45) is 7.11. The van der Waals surface area contributed by atoms with Crippen LogP contribution in [0.5, 0.6) is 0 Å². The number of amides is 1. The molecule has 1 unspecified atom stereocenters. The molecule has 2 N–H and O–H groups in total. The van der Waals surface area contributed by atoms with Gasteiger partial charge in [0.05, 0.1) is 23.9 Å². The minimum Gasteiger partial charge on any atom is -0.393 e. The van der Waals surface area contributed by atoms with Gasteiger partial charge in [0.2, 0.25) is 0 Å². The molecule has 2 saturated heterocycles. The number of carbonyl (C=O) groups is 1. The summed E-state index contributed by atoms with van der Waals surface area (Å²) < 4.78 is 5.23. The van der Waals surface area contributed by atoms with Crippen LogP contribution in [0.25, 0.3) is 0 Å². The zero-order valence-corrected chi connectivity index (χ0v) is 15.6. The van der Waals surface area contributed by atoms with Crippen LogP contribution < -0.4 is 10.2 Å². The van der Waals surface area contributed by atoms with Crippen molar-refractivity contribution >= 4 is 11.7 Å². The van der Waals surface area contributed by atoms with Crippen LogP contribution in [-0.2, 0) is 13.0 Å². The number of nitrogens with one attached hydrogen (secondary N) is 1. The first kappa shape index (κ1) is 18.0. The van der Waals surface area contributed by atoms with Gasteiger partial charge in [0, 0.05) is 24.3 Å². The maximum atomic E-state index is 12.4. The fraction of sp³-hybridized carbons (Fsp3) is 0.550. The summed E-state index contributed by atoms with van der Waals surface area (Å²) in [5, 5.41) is 16.8. The molecule has 2 aliphatic heterocycles. The Morgan fingerprint density at radius 3 is 2.78 bits per heavy atom. The molecule has 2 aromatic rings. The topological polar surface area (TPSA) is 91.5 Å². The van der Waals surface area contributed by atoms with Crippen LogP contribution in [0, 0.1) is 0 Å². The standard InChI is InChI=1S/C20H26N4O3/c1-2-3-14-8-18(27-23-14)12-22-20(26)13-4-7-19(21-11-13)24-15-5-6-16(24)10-17(25)9-15/h4,7-8,11,15-17,25H,2-3,5-6,9-10,12H2,1H3,(H,22,26)/t15-,16+,17?. The van der Waals surface area contributed by atoms with E-state index in [2.05, 4.69) is 27.3 Å². The average Bonchev–Trinajstić information content (AvgIpc) is 3.22. The number of rotatable bonds is 6. The molecule has 0 radical (unpaired) electrons. The van der Waals surface area contributed by atoms with Crippen LogP contribution in [0.3, 0.4) is 0 Å². The third-order valence-electron chi connectivity index (χ3n) is 5.52. The molecular weight excluding hydrogens is 344 g/mol. The van der Waals surface area contributed by atoms with E-state index in [4.69, 9.17) is 4.52 Å². The van der Waals surface area contributed by atoms with Gasteiger partial charge in [0.25, 0.3) is 5.91 Å². The number of aliphatic hydroxyl groups excluding tert-OH is 1. The van der Waals surface area contributed by atoms with Crippen LogP contribution in [-0.4, -0.2) is 39.3 Å². The normalized spacial score (nSPS) is 24.2. The van der Waals surface area contributed by atoms with Crippen molar-refractivity contribution in [1.82, 2.24) is 15.5 Å². The number of hydrogen-bond donors (Lipinski definition) is 2. The summed E-state index contributed by atoms with van der Waals surface area (Å²) in [6, 6.07) is 6.31. The molecule has 2 fully saturated rings. The lowest BCUT2D eigenvalue weighted by atomic mass is 10.00. The molecule has 144 valence electrons. The molecule has 7 heteroatoms. The highest BCUT2D eigenvalue weighted by molar-refractivity contribution is 5.94. The van der Waals surface area contributed by atoms with Gasteiger partial charge in [-0.3, -0.25) is 4.79 Å². The summed E-state index contributed by atoms with van der Waals surface area (Å²) in [5.74, 6) is 1.37. The Labute approximate surface area is 158 Å². The van der Waals surface area contributed by atoms with Gasteiger partial charge in [0.15, 0.2) is 5.76 Å². The van der Waals surface area contributed by atoms with Crippen molar-refractivity contribution in [3.05, 3.63) is 41.4 Å². The lowest BCUT2D eigenvalue weighted by molar-refractivity contribution is 0.0946. The zero-order chi connectivity index (χ0) is 18.8. The van der Waals surface area contributed by atoms with E-state index in [-0.39, 0.29) is 12.0 Å². The van der Waals surface area contributed by atoms with Crippen LogP contribution in [0.2, 0.25) is 0 Å². The zero-order valence-electron chi connectivity index (χ0n) is 15.6. The van der Waals surface area contributed by atoms with E-state index in [9.17, 15) is 9.90 Å². The lowest BCUT2D eigenvalue weighted by Crippen LogP contribution is -2.45. The second-order valence-electron chi connectivity index (χ2n) is 7.54. The maximum absolute atomic E-state index is 12.4. The molecule has 2 aliphatic rings. The van der Waals surface area contributed by atoms with Crippen molar-refractivity contribution in [2.75, 3.05) is 4.90 Å². The number of hydrogen-bond acceptors (Lipinski definition) is 6. The van der Waals surface area contributed by atoms with Gasteiger partial charge in [-0.05, 0) is 44.2 Å². The molecule has 4 heterocycles. The maximum Gasteiger partial charge on any atom is 0.253 e. The first-order valence-corrected chi connectivity index (χ1v) is 9.79. The van der Waals surface area contributed by atoms with Gasteiger partial charge in [-0.2, -0.15) is 0 Å². The lowest BCUT2D eigenvalue weighted by Gasteiger charge is -2.38. The average molecular weight is 370 g/mol. The molecule has 2 aromatic heterocycles. The minimum atomic E-state index is -0.197. The van der Waals surface area contributed by atoms with Gasteiger partial charge in [-0.15, -0.1) is 0 Å². The van der Waals surface area contributed by atoms with E-state index in [1.54, 1.807) is 6.20 Å². The number of fused-ring (bicyclic) bond motifs is 2. The van der Waals surface area contributed by atoms with E-state index >= 15 is 0 Å². The van der Waals surface area contributed by atoms with Crippen molar-refractivity contribution in [1.29, 1.82) is 0 Å². The number of pyridine rings is 1.